The van der Waals surface area contributed by atoms with Crippen LogP contribution in [-0.2, 0) is 4.79 Å². The first-order chi connectivity index (χ1) is 10.1. The third kappa shape index (κ3) is 3.92. The minimum atomic E-state index is -0.524. The van der Waals surface area contributed by atoms with Gasteiger partial charge in [0, 0.05) is 5.71 Å². The number of hydrogen-bond donors (Lipinski definition) is 1. The summed E-state index contributed by atoms with van der Waals surface area (Å²) >= 11 is 0. The number of hydrogen-bond acceptors (Lipinski definition) is 5. The van der Waals surface area contributed by atoms with E-state index in [2.05, 4.69) is 10.5 Å². The van der Waals surface area contributed by atoms with Crippen LogP contribution in [0.25, 0.3) is 11.0 Å². The molecule has 1 amide bonds. The molecule has 2 aromatic rings. The summed E-state index contributed by atoms with van der Waals surface area (Å²) in [7, 11) is 0. The van der Waals surface area contributed by atoms with Gasteiger partial charge in [-0.3, -0.25) is 4.79 Å². The van der Waals surface area contributed by atoms with Crippen LogP contribution in [0, 0.1) is 0 Å². The lowest BCUT2D eigenvalue weighted by molar-refractivity contribution is -0.123. The number of fused-ring (bicyclic) bond motifs is 1. The summed E-state index contributed by atoms with van der Waals surface area (Å²) in [5.41, 5.74) is 3.10. The van der Waals surface area contributed by atoms with E-state index in [1.165, 1.54) is 6.07 Å². The second-order valence-electron chi connectivity index (χ2n) is 4.45. The quantitative estimate of drug-likeness (QED) is 0.519. The summed E-state index contributed by atoms with van der Waals surface area (Å²) in [6.45, 7) is 3.53. The first kappa shape index (κ1) is 14.8. The van der Waals surface area contributed by atoms with E-state index in [4.69, 9.17) is 9.15 Å². The first-order valence-electron chi connectivity index (χ1n) is 6.58. The van der Waals surface area contributed by atoms with Crippen molar-refractivity contribution in [3.63, 3.8) is 0 Å². The number of rotatable bonds is 5. The Balaban J connectivity index is 2.10. The molecule has 6 heteroatoms. The summed E-state index contributed by atoms with van der Waals surface area (Å²) in [6, 6.07) is 8.19. The Bertz CT molecular complexity index is 734. The van der Waals surface area contributed by atoms with Crippen LogP contribution in [0.3, 0.4) is 0 Å². The number of nitrogens with zero attached hydrogens (tertiary/aromatic N) is 1. The SMILES string of the molecule is CC/C(C)=N/NC(=O)COc1cc(=O)oc2ccccc12. The standard InChI is InChI=1S/C15H16N2O4/c1-3-10(2)16-17-14(18)9-20-13-8-15(19)21-12-7-5-4-6-11(12)13/h4-8H,3,9H2,1-2H3,(H,17,18)/b16-10+. The van der Waals surface area contributed by atoms with Gasteiger partial charge in [0.2, 0.25) is 0 Å². The first-order valence-corrected chi connectivity index (χ1v) is 6.58. The highest BCUT2D eigenvalue weighted by Gasteiger charge is 2.08. The summed E-state index contributed by atoms with van der Waals surface area (Å²) in [5.74, 6) is -0.0756. The van der Waals surface area contributed by atoms with Gasteiger partial charge >= 0.3 is 5.63 Å². The molecule has 0 aliphatic rings. The molecular formula is C15H16N2O4. The second-order valence-corrected chi connectivity index (χ2v) is 4.45. The van der Waals surface area contributed by atoms with Crippen LogP contribution in [0.4, 0.5) is 0 Å². The molecule has 2 rings (SSSR count). The lowest BCUT2D eigenvalue weighted by atomic mass is 10.2. The molecule has 0 atom stereocenters. The Kier molecular flexibility index (Phi) is 4.71. The maximum atomic E-state index is 11.6. The molecule has 0 saturated heterocycles. The van der Waals surface area contributed by atoms with E-state index in [1.807, 2.05) is 13.8 Å². The number of hydrazone groups is 1. The zero-order chi connectivity index (χ0) is 15.2. The zero-order valence-electron chi connectivity index (χ0n) is 11.9. The zero-order valence-corrected chi connectivity index (χ0v) is 11.9. The normalized spacial score (nSPS) is 11.4. The largest absolute Gasteiger partial charge is 0.483 e. The number of ether oxygens (including phenoxy) is 1. The van der Waals surface area contributed by atoms with Crippen LogP contribution in [0.5, 0.6) is 5.75 Å². The Morgan fingerprint density at radius 3 is 2.90 bits per heavy atom. The molecule has 1 heterocycles. The smallest absolute Gasteiger partial charge is 0.339 e. The topological polar surface area (TPSA) is 80.9 Å². The van der Waals surface area contributed by atoms with E-state index < -0.39 is 5.63 Å². The molecule has 0 unspecified atom stereocenters. The monoisotopic (exact) mass is 288 g/mol. The van der Waals surface area contributed by atoms with Crippen molar-refractivity contribution in [2.75, 3.05) is 6.61 Å². The van der Waals surface area contributed by atoms with Crippen LogP contribution < -0.4 is 15.8 Å². The van der Waals surface area contributed by atoms with Gasteiger partial charge in [0.15, 0.2) is 6.61 Å². The number of nitrogens with one attached hydrogen (secondary N) is 1. The Morgan fingerprint density at radius 2 is 2.14 bits per heavy atom. The highest BCUT2D eigenvalue weighted by Crippen LogP contribution is 2.22. The maximum Gasteiger partial charge on any atom is 0.339 e. The molecule has 0 saturated carbocycles. The summed E-state index contributed by atoms with van der Waals surface area (Å²) in [5, 5.41) is 4.53. The summed E-state index contributed by atoms with van der Waals surface area (Å²) in [6.07, 6.45) is 0.755. The minimum Gasteiger partial charge on any atom is -0.483 e. The predicted molar refractivity (Wildman–Crippen MR) is 79.5 cm³/mol. The van der Waals surface area contributed by atoms with Crippen molar-refractivity contribution in [1.82, 2.24) is 5.43 Å². The summed E-state index contributed by atoms with van der Waals surface area (Å²) < 4.78 is 10.4. The molecule has 0 fully saturated rings. The number of carbonyl (C=O) groups excluding carboxylic acids is 1. The van der Waals surface area contributed by atoms with E-state index in [1.54, 1.807) is 24.3 Å². The molecular weight excluding hydrogens is 272 g/mol. The van der Waals surface area contributed by atoms with Gasteiger partial charge < -0.3 is 9.15 Å². The van der Waals surface area contributed by atoms with E-state index in [0.29, 0.717) is 16.7 Å². The number of para-hydroxylation sites is 1. The molecule has 1 aromatic heterocycles. The highest BCUT2D eigenvalue weighted by atomic mass is 16.5. The van der Waals surface area contributed by atoms with Crippen LogP contribution in [0.2, 0.25) is 0 Å². The fourth-order valence-corrected chi connectivity index (χ4v) is 1.61. The van der Waals surface area contributed by atoms with Gasteiger partial charge in [-0.1, -0.05) is 19.1 Å². The fraction of sp³-hybridized carbons (Fsp3) is 0.267. The lowest BCUT2D eigenvalue weighted by Crippen LogP contribution is -2.25. The van der Waals surface area contributed by atoms with Crippen molar-refractivity contribution >= 4 is 22.6 Å². The van der Waals surface area contributed by atoms with Crippen molar-refractivity contribution in [1.29, 1.82) is 0 Å². The van der Waals surface area contributed by atoms with Crippen LogP contribution in [0.1, 0.15) is 20.3 Å². The van der Waals surface area contributed by atoms with Gasteiger partial charge in [0.05, 0.1) is 11.5 Å². The van der Waals surface area contributed by atoms with E-state index >= 15 is 0 Å². The molecule has 6 nitrogen and oxygen atoms in total. The number of amides is 1. The van der Waals surface area contributed by atoms with Crippen LogP contribution in [-0.4, -0.2) is 18.2 Å². The Hall–Kier alpha value is -2.63. The van der Waals surface area contributed by atoms with E-state index in [-0.39, 0.29) is 12.5 Å². The number of carbonyl (C=O) groups is 1. The second kappa shape index (κ2) is 6.69. The third-order valence-electron chi connectivity index (χ3n) is 2.85. The molecule has 21 heavy (non-hydrogen) atoms. The molecule has 0 bridgehead atoms. The highest BCUT2D eigenvalue weighted by molar-refractivity contribution is 5.85. The van der Waals surface area contributed by atoms with Gasteiger partial charge in [-0.05, 0) is 25.5 Å². The average Bonchev–Trinajstić information content (AvgIpc) is 2.49. The molecule has 0 aliphatic heterocycles. The molecule has 0 spiro atoms. The van der Waals surface area contributed by atoms with Crippen LogP contribution >= 0.6 is 0 Å². The lowest BCUT2D eigenvalue weighted by Gasteiger charge is -2.07. The van der Waals surface area contributed by atoms with Gasteiger partial charge in [-0.25, -0.2) is 10.2 Å². The van der Waals surface area contributed by atoms with Crippen molar-refractivity contribution in [3.05, 3.63) is 40.8 Å². The van der Waals surface area contributed by atoms with Gasteiger partial charge in [0.25, 0.3) is 5.91 Å². The van der Waals surface area contributed by atoms with Gasteiger partial charge in [-0.2, -0.15) is 5.10 Å². The van der Waals surface area contributed by atoms with Gasteiger partial charge in [0.1, 0.15) is 11.3 Å². The maximum absolute atomic E-state index is 11.6. The summed E-state index contributed by atoms with van der Waals surface area (Å²) in [4.78, 5) is 23.0. The predicted octanol–water partition coefficient (Wildman–Crippen LogP) is 2.07. The minimum absolute atomic E-state index is 0.228. The van der Waals surface area contributed by atoms with Crippen molar-refractivity contribution in [3.8, 4) is 5.75 Å². The molecule has 0 radical (unpaired) electrons. The van der Waals surface area contributed by atoms with E-state index in [9.17, 15) is 9.59 Å². The Morgan fingerprint density at radius 1 is 1.38 bits per heavy atom. The third-order valence-corrected chi connectivity index (χ3v) is 2.85. The fourth-order valence-electron chi connectivity index (χ4n) is 1.61. The van der Waals surface area contributed by atoms with E-state index in [0.717, 1.165) is 12.1 Å². The Labute approximate surface area is 121 Å². The number of benzene rings is 1. The average molecular weight is 288 g/mol. The molecule has 0 aliphatic carbocycles. The molecule has 1 N–H and O–H groups in total. The van der Waals surface area contributed by atoms with Crippen molar-refractivity contribution < 1.29 is 13.9 Å². The van der Waals surface area contributed by atoms with Crippen LogP contribution in [0.15, 0.2) is 44.6 Å². The molecule has 1 aromatic carbocycles. The van der Waals surface area contributed by atoms with Crippen molar-refractivity contribution in [2.45, 2.75) is 20.3 Å². The molecule has 110 valence electrons. The van der Waals surface area contributed by atoms with Crippen molar-refractivity contribution in [2.24, 2.45) is 5.10 Å². The van der Waals surface area contributed by atoms with Gasteiger partial charge in [-0.15, -0.1) is 0 Å².